The Bertz CT molecular complexity index is 629. The smallest absolute Gasteiger partial charge is 0.227 e. The largest absolute Gasteiger partial charge is 0.338 e. The zero-order chi connectivity index (χ0) is 16.1. The Kier molecular flexibility index (Phi) is 5.39. The highest BCUT2D eigenvalue weighted by atomic mass is 32.2. The highest BCUT2D eigenvalue weighted by molar-refractivity contribution is 7.99. The first-order valence-electron chi connectivity index (χ1n) is 8.28. The molecule has 1 fully saturated rings. The van der Waals surface area contributed by atoms with Gasteiger partial charge in [0, 0.05) is 23.7 Å². The van der Waals surface area contributed by atoms with Gasteiger partial charge in [-0.1, -0.05) is 61.9 Å². The molecule has 1 heterocycles. The molecule has 0 saturated carbocycles. The molecule has 1 aliphatic heterocycles. The number of thioether (sulfide) groups is 1. The predicted molar refractivity (Wildman–Crippen MR) is 96.3 cm³/mol. The first-order valence-corrected chi connectivity index (χ1v) is 9.27. The van der Waals surface area contributed by atoms with Crippen molar-refractivity contribution in [1.82, 2.24) is 4.90 Å². The number of likely N-dealkylation sites (tertiary alicyclic amines) is 1. The number of benzene rings is 2. The van der Waals surface area contributed by atoms with E-state index in [-0.39, 0.29) is 5.92 Å². The molecule has 2 aromatic carbocycles. The molecular formula is C20H23NOS. The van der Waals surface area contributed by atoms with Crippen molar-refractivity contribution in [3.05, 3.63) is 66.2 Å². The van der Waals surface area contributed by atoms with Gasteiger partial charge in [-0.25, -0.2) is 0 Å². The van der Waals surface area contributed by atoms with Crippen LogP contribution in [0.4, 0.5) is 0 Å². The molecule has 0 aromatic heterocycles. The molecule has 2 aromatic rings. The predicted octanol–water partition coefficient (Wildman–Crippen LogP) is 4.46. The number of hydrogen-bond acceptors (Lipinski definition) is 2. The number of amides is 1. The molecule has 2 atom stereocenters. The minimum atomic E-state index is 0.147. The van der Waals surface area contributed by atoms with Crippen LogP contribution in [-0.2, 0) is 11.3 Å². The summed E-state index contributed by atoms with van der Waals surface area (Å²) in [6, 6.07) is 20.7. The van der Waals surface area contributed by atoms with Crippen LogP contribution in [0.1, 0.15) is 18.9 Å². The van der Waals surface area contributed by atoms with Crippen molar-refractivity contribution in [3.8, 4) is 0 Å². The van der Waals surface area contributed by atoms with Gasteiger partial charge < -0.3 is 4.90 Å². The zero-order valence-corrected chi connectivity index (χ0v) is 14.3. The molecule has 120 valence electrons. The lowest BCUT2D eigenvalue weighted by Crippen LogP contribution is -2.27. The number of carbonyl (C=O) groups is 1. The number of nitrogens with zero attached hydrogens (tertiary/aromatic N) is 1. The molecule has 1 amide bonds. The van der Waals surface area contributed by atoms with Crippen LogP contribution >= 0.6 is 11.8 Å². The Hall–Kier alpha value is -1.74. The lowest BCUT2D eigenvalue weighted by atomic mass is 9.95. The van der Waals surface area contributed by atoms with E-state index in [1.165, 1.54) is 10.5 Å². The van der Waals surface area contributed by atoms with E-state index < -0.39 is 0 Å². The Balaban J connectivity index is 1.64. The summed E-state index contributed by atoms with van der Waals surface area (Å²) in [6.07, 6.45) is 1.07. The van der Waals surface area contributed by atoms with Gasteiger partial charge in [0.2, 0.25) is 5.91 Å². The third kappa shape index (κ3) is 3.97. The van der Waals surface area contributed by atoms with E-state index in [0.29, 0.717) is 11.8 Å². The van der Waals surface area contributed by atoms with Crippen molar-refractivity contribution < 1.29 is 4.79 Å². The normalized spacial score (nSPS) is 20.9. The van der Waals surface area contributed by atoms with Gasteiger partial charge in [-0.15, -0.1) is 11.8 Å². The second-order valence-corrected chi connectivity index (χ2v) is 7.20. The van der Waals surface area contributed by atoms with Gasteiger partial charge in [0.25, 0.3) is 0 Å². The van der Waals surface area contributed by atoms with Crippen molar-refractivity contribution in [3.63, 3.8) is 0 Å². The third-order valence-corrected chi connectivity index (χ3v) is 5.70. The Morgan fingerprint density at radius 3 is 2.35 bits per heavy atom. The summed E-state index contributed by atoms with van der Waals surface area (Å²) in [5, 5.41) is 0. The van der Waals surface area contributed by atoms with Crippen LogP contribution in [0.3, 0.4) is 0 Å². The third-order valence-electron chi connectivity index (χ3n) is 4.57. The van der Waals surface area contributed by atoms with Crippen molar-refractivity contribution in [2.75, 3.05) is 12.3 Å². The zero-order valence-electron chi connectivity index (χ0n) is 13.5. The maximum atomic E-state index is 12.8. The quantitative estimate of drug-likeness (QED) is 0.731. The fourth-order valence-corrected chi connectivity index (χ4v) is 4.34. The second kappa shape index (κ2) is 7.69. The summed E-state index contributed by atoms with van der Waals surface area (Å²) in [7, 11) is 0. The van der Waals surface area contributed by atoms with Gasteiger partial charge in [0.1, 0.15) is 0 Å². The lowest BCUT2D eigenvalue weighted by molar-refractivity contribution is -0.131. The summed E-state index contributed by atoms with van der Waals surface area (Å²) in [6.45, 7) is 3.83. The first-order chi connectivity index (χ1) is 11.3. The fourth-order valence-electron chi connectivity index (χ4n) is 3.21. The van der Waals surface area contributed by atoms with E-state index in [9.17, 15) is 4.79 Å². The number of rotatable bonds is 6. The van der Waals surface area contributed by atoms with Gasteiger partial charge >= 0.3 is 0 Å². The molecule has 1 aliphatic rings. The molecule has 0 radical (unpaired) electrons. The summed E-state index contributed by atoms with van der Waals surface area (Å²) in [5.41, 5.74) is 1.21. The van der Waals surface area contributed by atoms with Crippen LogP contribution in [0.15, 0.2) is 65.6 Å². The van der Waals surface area contributed by atoms with Crippen LogP contribution in [0.25, 0.3) is 0 Å². The lowest BCUT2D eigenvalue weighted by Gasteiger charge is -2.16. The fraction of sp³-hybridized carbons (Fsp3) is 0.350. The van der Waals surface area contributed by atoms with E-state index in [1.54, 1.807) is 11.8 Å². The maximum absolute atomic E-state index is 12.8. The Labute approximate surface area is 142 Å². The maximum Gasteiger partial charge on any atom is 0.227 e. The highest BCUT2D eigenvalue weighted by Crippen LogP contribution is 2.33. The van der Waals surface area contributed by atoms with E-state index in [0.717, 1.165) is 25.3 Å². The molecule has 0 aliphatic carbocycles. The second-order valence-electron chi connectivity index (χ2n) is 6.10. The summed E-state index contributed by atoms with van der Waals surface area (Å²) < 4.78 is 0. The highest BCUT2D eigenvalue weighted by Gasteiger charge is 2.38. The summed E-state index contributed by atoms with van der Waals surface area (Å²) in [4.78, 5) is 16.1. The molecule has 3 rings (SSSR count). The standard InChI is InChI=1S/C20H23NOS/c1-2-17-14-21(13-16-9-5-3-6-10-16)20(22)19(17)15-23-18-11-7-4-8-12-18/h3-12,17,19H,2,13-15H2,1H3/t17-,19-/m0/s1. The van der Waals surface area contributed by atoms with Gasteiger partial charge in [-0.3, -0.25) is 4.79 Å². The molecule has 1 saturated heterocycles. The number of hydrogen-bond donors (Lipinski definition) is 0. The van der Waals surface area contributed by atoms with Crippen LogP contribution in [0, 0.1) is 11.8 Å². The van der Waals surface area contributed by atoms with Crippen LogP contribution in [0.5, 0.6) is 0 Å². The first kappa shape index (κ1) is 16.1. The monoisotopic (exact) mass is 325 g/mol. The minimum Gasteiger partial charge on any atom is -0.338 e. The van der Waals surface area contributed by atoms with Crippen molar-refractivity contribution in [2.45, 2.75) is 24.8 Å². The Morgan fingerprint density at radius 2 is 1.70 bits per heavy atom. The average Bonchev–Trinajstić information content (AvgIpc) is 2.90. The number of carbonyl (C=O) groups excluding carboxylic acids is 1. The van der Waals surface area contributed by atoms with Crippen LogP contribution < -0.4 is 0 Å². The molecule has 0 spiro atoms. The van der Waals surface area contributed by atoms with Gasteiger partial charge in [-0.05, 0) is 23.6 Å². The van der Waals surface area contributed by atoms with Crippen molar-refractivity contribution >= 4 is 17.7 Å². The molecule has 3 heteroatoms. The minimum absolute atomic E-state index is 0.147. The molecule has 2 nitrogen and oxygen atoms in total. The van der Waals surface area contributed by atoms with E-state index >= 15 is 0 Å². The van der Waals surface area contributed by atoms with Crippen molar-refractivity contribution in [1.29, 1.82) is 0 Å². The molecule has 23 heavy (non-hydrogen) atoms. The van der Waals surface area contributed by atoms with Crippen LogP contribution in [-0.4, -0.2) is 23.1 Å². The van der Waals surface area contributed by atoms with E-state index in [4.69, 9.17) is 0 Å². The Morgan fingerprint density at radius 1 is 1.04 bits per heavy atom. The van der Waals surface area contributed by atoms with E-state index in [2.05, 4.69) is 43.3 Å². The average molecular weight is 325 g/mol. The molecule has 0 unspecified atom stereocenters. The molecule has 0 N–H and O–H groups in total. The van der Waals surface area contributed by atoms with E-state index in [1.807, 2.05) is 29.2 Å². The van der Waals surface area contributed by atoms with Crippen LogP contribution in [0.2, 0.25) is 0 Å². The summed E-state index contributed by atoms with van der Waals surface area (Å²) in [5.74, 6) is 1.83. The van der Waals surface area contributed by atoms with Gasteiger partial charge in [-0.2, -0.15) is 0 Å². The summed E-state index contributed by atoms with van der Waals surface area (Å²) >= 11 is 1.80. The molecule has 0 bridgehead atoms. The SMILES string of the molecule is CC[C@H]1CN(Cc2ccccc2)C(=O)[C@H]1CSc1ccccc1. The van der Waals surface area contributed by atoms with Gasteiger partial charge in [0.15, 0.2) is 0 Å². The van der Waals surface area contributed by atoms with Crippen molar-refractivity contribution in [2.24, 2.45) is 11.8 Å². The van der Waals surface area contributed by atoms with Gasteiger partial charge in [0.05, 0.1) is 5.92 Å². The topological polar surface area (TPSA) is 20.3 Å². The molecular weight excluding hydrogens is 302 g/mol.